The molecule has 1 heterocycles. The minimum Gasteiger partial charge on any atom is -0.496 e. The lowest BCUT2D eigenvalue weighted by Crippen LogP contribution is -2.26. The molecule has 0 aliphatic carbocycles. The third kappa shape index (κ3) is 3.91. The van der Waals surface area contributed by atoms with Crippen LogP contribution < -0.4 is 26.7 Å². The quantitative estimate of drug-likeness (QED) is 0.437. The Morgan fingerprint density at radius 3 is 2.64 bits per heavy atom. The number of carbonyl (C=O) groups excluding carboxylic acids is 2. The molecule has 0 spiro atoms. The van der Waals surface area contributed by atoms with E-state index in [2.05, 4.69) is 20.6 Å². The summed E-state index contributed by atoms with van der Waals surface area (Å²) in [6.07, 6.45) is 1.73. The van der Waals surface area contributed by atoms with Crippen molar-refractivity contribution in [1.29, 1.82) is 0 Å². The molecule has 0 saturated carbocycles. The Kier molecular flexibility index (Phi) is 5.65. The van der Waals surface area contributed by atoms with Gasteiger partial charge in [-0.15, -0.1) is 0 Å². The Morgan fingerprint density at radius 1 is 1.36 bits per heavy atom. The smallest absolute Gasteiger partial charge is 0.266 e. The lowest BCUT2D eigenvalue weighted by atomic mass is 10.1. The van der Waals surface area contributed by atoms with E-state index in [-0.39, 0.29) is 17.3 Å². The minimum atomic E-state index is -0.905. The van der Waals surface area contributed by atoms with E-state index < -0.39 is 11.5 Å². The van der Waals surface area contributed by atoms with Gasteiger partial charge in [0, 0.05) is 18.8 Å². The van der Waals surface area contributed by atoms with Crippen LogP contribution in [-0.2, 0) is 0 Å². The number of carbonyl (C=O) groups is 2. The van der Waals surface area contributed by atoms with Crippen LogP contribution in [0.15, 0.2) is 28.2 Å². The zero-order valence-electron chi connectivity index (χ0n) is 13.8. The maximum atomic E-state index is 12.0. The van der Waals surface area contributed by atoms with Crippen molar-refractivity contribution >= 4 is 35.1 Å². The molecule has 2 rings (SSSR count). The zero-order chi connectivity index (χ0) is 18.6. The number of aromatic amines is 1. The first-order chi connectivity index (χ1) is 11.9. The van der Waals surface area contributed by atoms with Crippen molar-refractivity contribution in [2.45, 2.75) is 5.16 Å². The summed E-state index contributed by atoms with van der Waals surface area (Å²) in [4.78, 5) is 42.0. The summed E-state index contributed by atoms with van der Waals surface area (Å²) in [5.74, 6) is -0.867. The number of aromatic nitrogens is 2. The molecule has 0 atom stereocenters. The molecule has 0 unspecified atom stereocenters. The van der Waals surface area contributed by atoms with E-state index >= 15 is 0 Å². The fourth-order valence-electron chi connectivity index (χ4n) is 2.10. The molecule has 0 fully saturated rings. The molecule has 9 nitrogen and oxygen atoms in total. The lowest BCUT2D eigenvalue weighted by Gasteiger charge is -2.13. The van der Waals surface area contributed by atoms with Crippen LogP contribution in [0.5, 0.6) is 5.75 Å². The van der Waals surface area contributed by atoms with Crippen LogP contribution in [0, 0.1) is 0 Å². The van der Waals surface area contributed by atoms with E-state index in [0.717, 1.165) is 0 Å². The number of methoxy groups -OCH3 is 1. The number of amides is 2. The molecule has 1 aromatic heterocycles. The highest BCUT2D eigenvalue weighted by atomic mass is 32.2. The summed E-state index contributed by atoms with van der Waals surface area (Å²) in [5, 5.41) is 5.71. The maximum absolute atomic E-state index is 12.0. The van der Waals surface area contributed by atoms with Gasteiger partial charge in [0.2, 0.25) is 0 Å². The van der Waals surface area contributed by atoms with Crippen molar-refractivity contribution in [3.63, 3.8) is 0 Å². The molecule has 10 heteroatoms. The van der Waals surface area contributed by atoms with Gasteiger partial charge in [-0.2, -0.15) is 0 Å². The SMILES string of the molecule is CNC(=O)c1ccc(Nc2nc(SC)[nH]c(=O)c2C(N)=O)cc1OC. The number of anilines is 2. The molecular formula is C15H17N5O4S. The molecule has 0 bridgehead atoms. The third-order valence-corrected chi connectivity index (χ3v) is 3.85. The Hall–Kier alpha value is -3.01. The largest absolute Gasteiger partial charge is 0.496 e. The van der Waals surface area contributed by atoms with Crippen molar-refractivity contribution in [1.82, 2.24) is 15.3 Å². The number of benzene rings is 1. The first-order valence-electron chi connectivity index (χ1n) is 7.06. The summed E-state index contributed by atoms with van der Waals surface area (Å²) in [7, 11) is 2.94. The fraction of sp³-hybridized carbons (Fsp3) is 0.200. The standard InChI is InChI=1S/C15H17N5O4S/c1-17-13(22)8-5-4-7(6-9(8)24-2)18-12-10(11(16)21)14(23)20-15(19-12)25-3/h4-6H,1-3H3,(H2,16,21)(H,17,22)(H2,18,19,20,23). The third-order valence-electron chi connectivity index (χ3n) is 3.27. The highest BCUT2D eigenvalue weighted by Crippen LogP contribution is 2.26. The molecule has 5 N–H and O–H groups in total. The van der Waals surface area contributed by atoms with Crippen molar-refractivity contribution in [3.05, 3.63) is 39.7 Å². The molecule has 0 aliphatic heterocycles. The van der Waals surface area contributed by atoms with Gasteiger partial charge < -0.3 is 26.1 Å². The lowest BCUT2D eigenvalue weighted by molar-refractivity contribution is 0.0958. The summed E-state index contributed by atoms with van der Waals surface area (Å²) in [6.45, 7) is 0. The zero-order valence-corrected chi connectivity index (χ0v) is 14.6. The molecular weight excluding hydrogens is 346 g/mol. The number of primary amides is 1. The summed E-state index contributed by atoms with van der Waals surface area (Å²) >= 11 is 1.21. The van der Waals surface area contributed by atoms with Crippen molar-refractivity contribution in [3.8, 4) is 5.75 Å². The van der Waals surface area contributed by atoms with Gasteiger partial charge in [-0.05, 0) is 18.4 Å². The van der Waals surface area contributed by atoms with Crippen LogP contribution >= 0.6 is 11.8 Å². The summed E-state index contributed by atoms with van der Waals surface area (Å²) in [6, 6.07) is 4.70. The van der Waals surface area contributed by atoms with Crippen molar-refractivity contribution in [2.24, 2.45) is 5.73 Å². The Labute approximate surface area is 147 Å². The van der Waals surface area contributed by atoms with E-state index in [1.54, 1.807) is 24.5 Å². The second kappa shape index (κ2) is 7.71. The predicted octanol–water partition coefficient (Wildman–Crippen LogP) is 0.702. The summed E-state index contributed by atoms with van der Waals surface area (Å²) in [5.41, 5.74) is 5.17. The van der Waals surface area contributed by atoms with Gasteiger partial charge in [-0.1, -0.05) is 11.8 Å². The van der Waals surface area contributed by atoms with Gasteiger partial charge in [0.1, 0.15) is 11.3 Å². The van der Waals surface area contributed by atoms with E-state index in [1.807, 2.05) is 0 Å². The molecule has 2 amide bonds. The number of hydrogen-bond donors (Lipinski definition) is 4. The maximum Gasteiger partial charge on any atom is 0.266 e. The van der Waals surface area contributed by atoms with Crippen LogP contribution in [0.25, 0.3) is 0 Å². The van der Waals surface area contributed by atoms with Crippen molar-refractivity contribution in [2.75, 3.05) is 25.7 Å². The molecule has 25 heavy (non-hydrogen) atoms. The number of rotatable bonds is 6. The van der Waals surface area contributed by atoms with Gasteiger partial charge in [-0.3, -0.25) is 14.4 Å². The second-order valence-electron chi connectivity index (χ2n) is 4.78. The van der Waals surface area contributed by atoms with E-state index in [9.17, 15) is 14.4 Å². The number of nitrogens with zero attached hydrogens (tertiary/aromatic N) is 1. The minimum absolute atomic E-state index is 0.0235. The normalized spacial score (nSPS) is 10.2. The number of nitrogens with two attached hydrogens (primary N) is 1. The Morgan fingerprint density at radius 2 is 2.08 bits per heavy atom. The van der Waals surface area contributed by atoms with Gasteiger partial charge in [-0.25, -0.2) is 4.98 Å². The fourth-order valence-corrected chi connectivity index (χ4v) is 2.47. The van der Waals surface area contributed by atoms with Gasteiger partial charge >= 0.3 is 0 Å². The number of nitrogens with one attached hydrogen (secondary N) is 3. The molecule has 0 aliphatic rings. The molecule has 0 radical (unpaired) electrons. The van der Waals surface area contributed by atoms with E-state index in [0.29, 0.717) is 22.2 Å². The van der Waals surface area contributed by atoms with Gasteiger partial charge in [0.05, 0.1) is 12.7 Å². The van der Waals surface area contributed by atoms with Crippen LogP contribution in [0.2, 0.25) is 0 Å². The topological polar surface area (TPSA) is 139 Å². The van der Waals surface area contributed by atoms with E-state index in [4.69, 9.17) is 10.5 Å². The molecule has 1 aromatic carbocycles. The van der Waals surface area contributed by atoms with Crippen molar-refractivity contribution < 1.29 is 14.3 Å². The average molecular weight is 363 g/mol. The second-order valence-corrected chi connectivity index (χ2v) is 5.58. The first-order valence-corrected chi connectivity index (χ1v) is 8.29. The van der Waals surface area contributed by atoms with Crippen LogP contribution in [0.1, 0.15) is 20.7 Å². The number of thioether (sulfide) groups is 1. The number of hydrogen-bond acceptors (Lipinski definition) is 7. The molecule has 0 saturated heterocycles. The monoisotopic (exact) mass is 363 g/mol. The highest BCUT2D eigenvalue weighted by Gasteiger charge is 2.18. The number of ether oxygens (including phenoxy) is 1. The Bertz CT molecular complexity index is 881. The highest BCUT2D eigenvalue weighted by molar-refractivity contribution is 7.98. The predicted molar refractivity (Wildman–Crippen MR) is 94.8 cm³/mol. The molecule has 132 valence electrons. The van der Waals surface area contributed by atoms with E-state index in [1.165, 1.54) is 25.9 Å². The average Bonchev–Trinajstić information content (AvgIpc) is 2.59. The first kappa shape index (κ1) is 18.3. The number of H-pyrrole nitrogens is 1. The Balaban J connectivity index is 2.49. The summed E-state index contributed by atoms with van der Waals surface area (Å²) < 4.78 is 5.21. The van der Waals surface area contributed by atoms with Crippen LogP contribution in [-0.4, -0.2) is 42.2 Å². The van der Waals surface area contributed by atoms with Gasteiger partial charge in [0.25, 0.3) is 17.4 Å². The van der Waals surface area contributed by atoms with Crippen LogP contribution in [0.4, 0.5) is 11.5 Å². The molecule has 2 aromatic rings. The van der Waals surface area contributed by atoms with Crippen LogP contribution in [0.3, 0.4) is 0 Å². The van der Waals surface area contributed by atoms with Gasteiger partial charge in [0.15, 0.2) is 11.0 Å².